The largest absolute Gasteiger partial charge is 0.363 e. The summed E-state index contributed by atoms with van der Waals surface area (Å²) in [5, 5.41) is 2.61. The van der Waals surface area contributed by atoms with Crippen LogP contribution in [0.4, 0.5) is 0 Å². The molecule has 1 aromatic heterocycles. The minimum absolute atomic E-state index is 0.0155. The fraction of sp³-hybridized carbons (Fsp3) is 0.500. The molecule has 0 aliphatic rings. The monoisotopic (exact) mass is 279 g/mol. The highest BCUT2D eigenvalue weighted by atomic mass is 32.2. The van der Waals surface area contributed by atoms with E-state index in [1.54, 1.807) is 0 Å². The van der Waals surface area contributed by atoms with E-state index in [1.807, 2.05) is 12.1 Å². The second-order valence-corrected chi connectivity index (χ2v) is 8.43. The SMILES string of the molecule is CCC(C)[s+]1cccc1CC(=S)P(=O)(O)O. The van der Waals surface area contributed by atoms with Crippen LogP contribution in [0.5, 0.6) is 0 Å². The number of hydrogen-bond acceptors (Lipinski definition) is 2. The Balaban J connectivity index is 2.87. The van der Waals surface area contributed by atoms with Crippen molar-refractivity contribution in [3.63, 3.8) is 0 Å². The molecule has 3 nitrogen and oxygen atoms in total. The van der Waals surface area contributed by atoms with Gasteiger partial charge < -0.3 is 9.79 Å². The van der Waals surface area contributed by atoms with Crippen molar-refractivity contribution in [2.24, 2.45) is 0 Å². The smallest absolute Gasteiger partial charge is 0.321 e. The molecule has 16 heavy (non-hydrogen) atoms. The van der Waals surface area contributed by atoms with E-state index in [4.69, 9.17) is 22.0 Å². The lowest BCUT2D eigenvalue weighted by molar-refractivity contribution is 0.391. The normalized spacial score (nSPS) is 14.9. The maximum absolute atomic E-state index is 11.0. The van der Waals surface area contributed by atoms with Crippen molar-refractivity contribution in [1.29, 1.82) is 0 Å². The molecule has 0 radical (unpaired) electrons. The van der Waals surface area contributed by atoms with Gasteiger partial charge in [0.05, 0.1) is 6.42 Å². The van der Waals surface area contributed by atoms with E-state index < -0.39 is 7.60 Å². The van der Waals surface area contributed by atoms with E-state index in [-0.39, 0.29) is 21.5 Å². The standard InChI is InChI=1S/C10H15O3PS2/c1-3-8(2)16-6-4-5-9(16)7-10(15)14(11,12)13/h4-6,8H,3,7H2,1-2H3,(H-,11,12,13)/p+1. The molecule has 0 fully saturated rings. The molecular weight excluding hydrogens is 263 g/mol. The van der Waals surface area contributed by atoms with Gasteiger partial charge in [0.1, 0.15) is 15.2 Å². The molecule has 0 saturated carbocycles. The van der Waals surface area contributed by atoms with Crippen molar-refractivity contribution in [3.05, 3.63) is 22.4 Å². The van der Waals surface area contributed by atoms with E-state index in [0.29, 0.717) is 5.25 Å². The van der Waals surface area contributed by atoms with E-state index in [1.165, 1.54) is 0 Å². The average Bonchev–Trinajstić information content (AvgIpc) is 2.63. The first-order valence-electron chi connectivity index (χ1n) is 5.04. The minimum atomic E-state index is -4.21. The Hall–Kier alpha value is -0.0600. The van der Waals surface area contributed by atoms with Crippen molar-refractivity contribution in [1.82, 2.24) is 0 Å². The van der Waals surface area contributed by atoms with Gasteiger partial charge in [-0.05, 0) is 35.9 Å². The molecule has 2 atom stereocenters. The first kappa shape index (κ1) is 14.0. The van der Waals surface area contributed by atoms with Gasteiger partial charge in [0.15, 0.2) is 4.88 Å². The zero-order valence-electron chi connectivity index (χ0n) is 9.29. The Kier molecular flexibility index (Phi) is 4.83. The molecule has 0 aliphatic heterocycles. The fourth-order valence-electron chi connectivity index (χ4n) is 1.36. The quantitative estimate of drug-likeness (QED) is 0.492. The topological polar surface area (TPSA) is 57.5 Å². The van der Waals surface area contributed by atoms with Gasteiger partial charge in [-0.3, -0.25) is 4.57 Å². The molecule has 6 heteroatoms. The summed E-state index contributed by atoms with van der Waals surface area (Å²) in [6, 6.07) is 3.88. The summed E-state index contributed by atoms with van der Waals surface area (Å²) in [4.78, 5) is 19.0. The van der Waals surface area contributed by atoms with Crippen LogP contribution in [0.3, 0.4) is 0 Å². The summed E-state index contributed by atoms with van der Waals surface area (Å²) in [6.07, 6.45) is 1.29. The Morgan fingerprint density at radius 1 is 1.62 bits per heavy atom. The van der Waals surface area contributed by atoms with Gasteiger partial charge >= 0.3 is 7.60 Å². The van der Waals surface area contributed by atoms with Crippen LogP contribution in [-0.2, 0) is 11.0 Å². The van der Waals surface area contributed by atoms with Crippen LogP contribution < -0.4 is 0 Å². The van der Waals surface area contributed by atoms with Crippen LogP contribution in [0.2, 0.25) is 0 Å². The summed E-state index contributed by atoms with van der Waals surface area (Å²) in [7, 11) is -4.22. The summed E-state index contributed by atoms with van der Waals surface area (Å²) in [5.74, 6) is 0. The first-order valence-corrected chi connectivity index (χ1v) is 8.41. The lowest BCUT2D eigenvalue weighted by atomic mass is 10.4. The van der Waals surface area contributed by atoms with Crippen molar-refractivity contribution in [3.8, 4) is 0 Å². The number of hydrogen-bond donors (Lipinski definition) is 2. The fourth-order valence-corrected chi connectivity index (χ4v) is 4.21. The van der Waals surface area contributed by atoms with Crippen LogP contribution in [0.25, 0.3) is 0 Å². The Bertz CT molecular complexity index is 421. The molecule has 0 spiro atoms. The zero-order valence-corrected chi connectivity index (χ0v) is 11.8. The molecule has 0 saturated heterocycles. The van der Waals surface area contributed by atoms with Crippen molar-refractivity contribution in [2.45, 2.75) is 31.9 Å². The Morgan fingerprint density at radius 2 is 2.25 bits per heavy atom. The van der Waals surface area contributed by atoms with Crippen molar-refractivity contribution >= 4 is 34.9 Å². The highest BCUT2D eigenvalue weighted by Gasteiger charge is 2.27. The Labute approximate surface area is 104 Å². The molecule has 2 N–H and O–H groups in total. The van der Waals surface area contributed by atoms with E-state index in [9.17, 15) is 4.57 Å². The average molecular weight is 279 g/mol. The van der Waals surface area contributed by atoms with Crippen LogP contribution >= 0.6 is 30.3 Å². The van der Waals surface area contributed by atoms with Gasteiger partial charge in [-0.2, -0.15) is 0 Å². The van der Waals surface area contributed by atoms with Crippen molar-refractivity contribution in [2.75, 3.05) is 0 Å². The van der Waals surface area contributed by atoms with Crippen molar-refractivity contribution < 1.29 is 14.4 Å². The molecule has 1 rings (SSSR count). The predicted octanol–water partition coefficient (Wildman–Crippen LogP) is 3.45. The van der Waals surface area contributed by atoms with E-state index in [2.05, 4.69) is 19.2 Å². The molecule has 0 aromatic carbocycles. The van der Waals surface area contributed by atoms with Gasteiger partial charge in [0.2, 0.25) is 0 Å². The number of rotatable bonds is 5. The van der Waals surface area contributed by atoms with E-state index in [0.717, 1.165) is 11.3 Å². The molecule has 0 aliphatic carbocycles. The molecule has 0 bridgehead atoms. The third-order valence-corrected chi connectivity index (χ3v) is 6.67. The maximum Gasteiger partial charge on any atom is 0.363 e. The van der Waals surface area contributed by atoms with Crippen LogP contribution in [0.1, 0.15) is 30.4 Å². The zero-order chi connectivity index (χ0) is 12.3. The Morgan fingerprint density at radius 3 is 2.75 bits per heavy atom. The van der Waals surface area contributed by atoms with Gasteiger partial charge in [-0.15, -0.1) is 0 Å². The summed E-state index contributed by atoms with van der Waals surface area (Å²) >= 11 is 4.78. The summed E-state index contributed by atoms with van der Waals surface area (Å²) < 4.78 is 10.8. The second-order valence-electron chi connectivity index (χ2n) is 3.67. The number of thiocarbonyl (C=S) groups is 1. The molecule has 90 valence electrons. The number of thiophene rings is 1. The molecule has 1 heterocycles. The highest BCUT2D eigenvalue weighted by Crippen LogP contribution is 2.43. The van der Waals surface area contributed by atoms with Crippen LogP contribution in [-0.4, -0.2) is 14.4 Å². The first-order chi connectivity index (χ1) is 7.36. The molecule has 2 unspecified atom stereocenters. The van der Waals surface area contributed by atoms with Crippen LogP contribution in [0.15, 0.2) is 17.5 Å². The predicted molar refractivity (Wildman–Crippen MR) is 72.3 cm³/mol. The van der Waals surface area contributed by atoms with Gasteiger partial charge in [-0.25, -0.2) is 0 Å². The third kappa shape index (κ3) is 3.47. The second kappa shape index (κ2) is 5.52. The lowest BCUT2D eigenvalue weighted by Gasteiger charge is -2.05. The third-order valence-electron chi connectivity index (χ3n) is 2.47. The minimum Gasteiger partial charge on any atom is -0.321 e. The van der Waals surface area contributed by atoms with Gasteiger partial charge in [0.25, 0.3) is 0 Å². The molecule has 1 aromatic rings. The van der Waals surface area contributed by atoms with Gasteiger partial charge in [-0.1, -0.05) is 19.1 Å². The highest BCUT2D eigenvalue weighted by molar-refractivity contribution is 7.97. The van der Waals surface area contributed by atoms with E-state index >= 15 is 0 Å². The van der Waals surface area contributed by atoms with Crippen LogP contribution in [0, 0.1) is 0 Å². The molecular formula is C10H16O3PS2+. The van der Waals surface area contributed by atoms with Gasteiger partial charge in [0, 0.05) is 0 Å². The molecule has 0 amide bonds. The lowest BCUT2D eigenvalue weighted by Crippen LogP contribution is -2.00. The summed E-state index contributed by atoms with van der Waals surface area (Å²) in [5.41, 5.74) is 0. The summed E-state index contributed by atoms with van der Waals surface area (Å²) in [6.45, 7) is 4.26. The maximum atomic E-state index is 11.0.